The molecule has 0 heterocycles. The lowest BCUT2D eigenvalue weighted by Crippen LogP contribution is -2.24. The maximum absolute atomic E-state index is 13.2. The summed E-state index contributed by atoms with van der Waals surface area (Å²) in [6, 6.07) is 2.79. The molecule has 3 N–H and O–H groups in total. The van der Waals surface area contributed by atoms with Crippen LogP contribution in [0, 0.1) is 12.7 Å². The van der Waals surface area contributed by atoms with E-state index in [9.17, 15) is 9.50 Å². The van der Waals surface area contributed by atoms with E-state index >= 15 is 0 Å². The second-order valence-electron chi connectivity index (χ2n) is 3.44. The maximum Gasteiger partial charge on any atom is 0.140 e. The fraction of sp³-hybridized carbons (Fsp3) is 0.400. The Kier molecular flexibility index (Phi) is 3.64. The average Bonchev–Trinajstić information content (AvgIpc) is 2.12. The monoisotopic (exact) mass is 261 g/mol. The summed E-state index contributed by atoms with van der Waals surface area (Å²) in [6.45, 7) is 3.36. The molecule has 0 radical (unpaired) electrons. The fourth-order valence-electron chi connectivity index (χ4n) is 1.23. The van der Waals surface area contributed by atoms with Crippen molar-refractivity contribution in [2.45, 2.75) is 26.0 Å². The molecule has 1 aromatic carbocycles. The van der Waals surface area contributed by atoms with Gasteiger partial charge in [0.1, 0.15) is 5.82 Å². The van der Waals surface area contributed by atoms with Crippen LogP contribution in [0.3, 0.4) is 0 Å². The molecule has 0 aliphatic heterocycles. The molecule has 0 saturated carbocycles. The van der Waals surface area contributed by atoms with Crippen LogP contribution in [0.5, 0.6) is 0 Å². The van der Waals surface area contributed by atoms with E-state index in [0.717, 1.165) is 0 Å². The molecule has 1 rings (SSSR count). The third-order valence-electron chi connectivity index (χ3n) is 2.07. The van der Waals surface area contributed by atoms with Crippen molar-refractivity contribution in [3.63, 3.8) is 0 Å². The molecule has 2 nitrogen and oxygen atoms in total. The Morgan fingerprint density at radius 1 is 1.50 bits per heavy atom. The average molecular weight is 262 g/mol. The van der Waals surface area contributed by atoms with Crippen LogP contribution in [0.2, 0.25) is 0 Å². The highest BCUT2D eigenvalue weighted by Crippen LogP contribution is 2.25. The van der Waals surface area contributed by atoms with E-state index in [1.807, 2.05) is 0 Å². The van der Waals surface area contributed by atoms with Gasteiger partial charge in [0.05, 0.1) is 10.6 Å². The zero-order valence-corrected chi connectivity index (χ0v) is 9.68. The van der Waals surface area contributed by atoms with Crippen LogP contribution < -0.4 is 5.73 Å². The highest BCUT2D eigenvalue weighted by Gasteiger charge is 2.15. The van der Waals surface area contributed by atoms with Crippen LogP contribution in [0.1, 0.15) is 24.2 Å². The minimum Gasteiger partial charge on any atom is -0.387 e. The van der Waals surface area contributed by atoms with E-state index in [0.29, 0.717) is 15.6 Å². The third-order valence-corrected chi connectivity index (χ3v) is 2.65. The summed E-state index contributed by atoms with van der Waals surface area (Å²) >= 11 is 3.09. The van der Waals surface area contributed by atoms with E-state index in [2.05, 4.69) is 15.9 Å². The predicted molar refractivity (Wildman–Crippen MR) is 57.4 cm³/mol. The molecule has 78 valence electrons. The number of benzene rings is 1. The first kappa shape index (κ1) is 11.6. The van der Waals surface area contributed by atoms with Crippen LogP contribution in [-0.2, 0) is 0 Å². The van der Waals surface area contributed by atoms with E-state index in [1.165, 1.54) is 0 Å². The minimum atomic E-state index is -0.759. The quantitative estimate of drug-likeness (QED) is 0.858. The van der Waals surface area contributed by atoms with Crippen molar-refractivity contribution in [3.8, 4) is 0 Å². The summed E-state index contributed by atoms with van der Waals surface area (Å²) in [4.78, 5) is 0. The summed E-state index contributed by atoms with van der Waals surface area (Å²) in [6.07, 6.45) is -0.759. The maximum atomic E-state index is 13.2. The molecule has 2 atom stereocenters. The summed E-state index contributed by atoms with van der Waals surface area (Å²) in [5, 5.41) is 9.67. The number of nitrogens with two attached hydrogens (primary N) is 1. The molecule has 0 amide bonds. The number of aliphatic hydroxyl groups is 1. The molecule has 0 aliphatic carbocycles. The number of hydrogen-bond donors (Lipinski definition) is 2. The Bertz CT molecular complexity index is 318. The number of rotatable bonds is 2. The molecule has 4 heteroatoms. The van der Waals surface area contributed by atoms with E-state index in [4.69, 9.17) is 5.73 Å². The largest absolute Gasteiger partial charge is 0.387 e. The highest BCUT2D eigenvalue weighted by molar-refractivity contribution is 9.10. The van der Waals surface area contributed by atoms with Gasteiger partial charge in [-0.15, -0.1) is 0 Å². The predicted octanol–water partition coefficient (Wildman–Crippen LogP) is 2.28. The molecule has 1 aromatic rings. The van der Waals surface area contributed by atoms with Crippen molar-refractivity contribution >= 4 is 15.9 Å². The second kappa shape index (κ2) is 4.38. The number of aliphatic hydroxyl groups excluding tert-OH is 1. The van der Waals surface area contributed by atoms with Gasteiger partial charge in [0.15, 0.2) is 0 Å². The van der Waals surface area contributed by atoms with Gasteiger partial charge in [0.25, 0.3) is 0 Å². The van der Waals surface area contributed by atoms with Gasteiger partial charge in [-0.25, -0.2) is 4.39 Å². The lowest BCUT2D eigenvalue weighted by atomic mass is 10.0. The van der Waals surface area contributed by atoms with E-state index in [1.54, 1.807) is 26.0 Å². The zero-order valence-electron chi connectivity index (χ0n) is 8.09. The van der Waals surface area contributed by atoms with Gasteiger partial charge in [-0.2, -0.15) is 0 Å². The van der Waals surface area contributed by atoms with Crippen LogP contribution in [0.4, 0.5) is 4.39 Å². The Hall–Kier alpha value is -0.450. The van der Waals surface area contributed by atoms with Crippen molar-refractivity contribution < 1.29 is 9.50 Å². The van der Waals surface area contributed by atoms with Crippen molar-refractivity contribution in [1.29, 1.82) is 0 Å². The number of aryl methyl sites for hydroxylation is 1. The zero-order chi connectivity index (χ0) is 10.9. The van der Waals surface area contributed by atoms with Gasteiger partial charge >= 0.3 is 0 Å². The summed E-state index contributed by atoms with van der Waals surface area (Å²) in [5.41, 5.74) is 6.67. The molecule has 0 fully saturated rings. The molecular weight excluding hydrogens is 249 g/mol. The Labute approximate surface area is 91.1 Å². The normalized spacial score (nSPS) is 15.3. The summed E-state index contributed by atoms with van der Waals surface area (Å²) in [5.74, 6) is -0.300. The van der Waals surface area contributed by atoms with Gasteiger partial charge in [-0.1, -0.05) is 6.07 Å². The Balaban J connectivity index is 3.12. The van der Waals surface area contributed by atoms with Crippen LogP contribution in [-0.4, -0.2) is 11.1 Å². The first-order chi connectivity index (χ1) is 6.43. The second-order valence-corrected chi connectivity index (χ2v) is 4.29. The highest BCUT2D eigenvalue weighted by atomic mass is 79.9. The van der Waals surface area contributed by atoms with Crippen LogP contribution >= 0.6 is 15.9 Å². The lowest BCUT2D eigenvalue weighted by Gasteiger charge is -2.16. The van der Waals surface area contributed by atoms with Crippen LogP contribution in [0.15, 0.2) is 16.6 Å². The molecule has 14 heavy (non-hydrogen) atoms. The fourth-order valence-corrected chi connectivity index (χ4v) is 1.80. The third kappa shape index (κ3) is 2.32. The molecule has 0 aromatic heterocycles. The molecule has 0 spiro atoms. The first-order valence-corrected chi connectivity index (χ1v) is 5.12. The van der Waals surface area contributed by atoms with Gasteiger partial charge in [-0.05, 0) is 47.0 Å². The Morgan fingerprint density at radius 3 is 2.50 bits per heavy atom. The van der Waals surface area contributed by atoms with Crippen molar-refractivity contribution in [2.75, 3.05) is 0 Å². The summed E-state index contributed by atoms with van der Waals surface area (Å²) in [7, 11) is 0. The van der Waals surface area contributed by atoms with Gasteiger partial charge < -0.3 is 10.8 Å². The molecule has 0 bridgehead atoms. The molecule has 0 saturated heterocycles. The molecular formula is C10H13BrFNO. The lowest BCUT2D eigenvalue weighted by molar-refractivity contribution is 0.153. The Morgan fingerprint density at radius 2 is 2.07 bits per heavy atom. The van der Waals surface area contributed by atoms with Gasteiger partial charge in [0, 0.05) is 6.04 Å². The molecule has 2 unspecified atom stereocenters. The summed E-state index contributed by atoms with van der Waals surface area (Å²) < 4.78 is 13.6. The van der Waals surface area contributed by atoms with Crippen molar-refractivity contribution in [1.82, 2.24) is 0 Å². The number of halogens is 2. The van der Waals surface area contributed by atoms with Gasteiger partial charge in [-0.3, -0.25) is 0 Å². The van der Waals surface area contributed by atoms with Crippen LogP contribution in [0.25, 0.3) is 0 Å². The smallest absolute Gasteiger partial charge is 0.140 e. The van der Waals surface area contributed by atoms with Gasteiger partial charge in [0.2, 0.25) is 0 Å². The standard InChI is InChI=1S/C10H13BrFNO/c1-5-3-7(10(14)6(2)13)4-8(11)9(5)12/h3-4,6,10,14H,13H2,1-2H3. The van der Waals surface area contributed by atoms with Crippen molar-refractivity contribution in [2.24, 2.45) is 5.73 Å². The van der Waals surface area contributed by atoms with E-state index in [-0.39, 0.29) is 11.9 Å². The van der Waals surface area contributed by atoms with E-state index < -0.39 is 6.10 Å². The molecule has 0 aliphatic rings. The topological polar surface area (TPSA) is 46.2 Å². The number of hydrogen-bond acceptors (Lipinski definition) is 2. The minimum absolute atomic E-state index is 0.300. The SMILES string of the molecule is Cc1cc(C(O)C(C)N)cc(Br)c1F. The first-order valence-electron chi connectivity index (χ1n) is 4.32. The van der Waals surface area contributed by atoms with Crippen molar-refractivity contribution in [3.05, 3.63) is 33.5 Å².